The Morgan fingerprint density at radius 1 is 0.525 bits per heavy atom. The minimum Gasteiger partial charge on any atom is -0.205 e. The predicted molar refractivity (Wildman–Crippen MR) is 146 cm³/mol. The van der Waals surface area contributed by atoms with Crippen LogP contribution in [0.3, 0.4) is 0 Å². The lowest BCUT2D eigenvalue weighted by molar-refractivity contribution is 0.635. The first kappa shape index (κ1) is 25.8. The van der Waals surface area contributed by atoms with E-state index >= 15 is 8.78 Å². The zero-order valence-electron chi connectivity index (χ0n) is 19.9. The van der Waals surface area contributed by atoms with Crippen molar-refractivity contribution in [1.29, 1.82) is 31.6 Å². The molecule has 0 spiro atoms. The second kappa shape index (κ2) is 10.1. The molecule has 0 unspecified atom stereocenters. The molecule has 3 aromatic carbocycles. The molecule has 184 valence electrons. The number of nitrogens with zero attached hydrogens (tertiary/aromatic N) is 6. The molecule has 0 bridgehead atoms. The van der Waals surface area contributed by atoms with Crippen molar-refractivity contribution in [3.8, 4) is 58.7 Å². The van der Waals surface area contributed by atoms with Crippen molar-refractivity contribution in [3.05, 3.63) is 80.4 Å². The maximum absolute atomic E-state index is 16.3. The molecule has 0 amide bonds. The van der Waals surface area contributed by atoms with Crippen LogP contribution in [-0.2, 0) is 0 Å². The lowest BCUT2D eigenvalue weighted by Gasteiger charge is -2.12. The minimum absolute atomic E-state index is 0.0165. The van der Waals surface area contributed by atoms with E-state index in [1.807, 2.05) is 12.1 Å². The number of hydrogen-bond donors (Lipinski definition) is 0. The van der Waals surface area contributed by atoms with Crippen molar-refractivity contribution in [2.75, 3.05) is 0 Å². The summed E-state index contributed by atoms with van der Waals surface area (Å²) >= 11 is 1.62. The van der Waals surface area contributed by atoms with E-state index in [9.17, 15) is 31.6 Å². The fourth-order valence-electron chi connectivity index (χ4n) is 4.40. The van der Waals surface area contributed by atoms with Crippen LogP contribution in [0.4, 0.5) is 8.78 Å². The van der Waals surface area contributed by atoms with Crippen molar-refractivity contribution < 1.29 is 8.78 Å². The molecule has 2 aromatic heterocycles. The van der Waals surface area contributed by atoms with Gasteiger partial charge in [0.2, 0.25) is 0 Å². The van der Waals surface area contributed by atoms with E-state index in [0.29, 0.717) is 22.3 Å². The molecule has 6 nitrogen and oxygen atoms in total. The van der Waals surface area contributed by atoms with Crippen LogP contribution in [-0.4, -0.2) is 0 Å². The van der Waals surface area contributed by atoms with Crippen molar-refractivity contribution in [1.82, 2.24) is 0 Å². The van der Waals surface area contributed by atoms with Gasteiger partial charge in [0.05, 0.1) is 32.3 Å². The first-order valence-corrected chi connectivity index (χ1v) is 12.8. The predicted octanol–water partition coefficient (Wildman–Crippen LogP) is 5.87. The van der Waals surface area contributed by atoms with Gasteiger partial charge in [-0.3, -0.25) is 0 Å². The number of halogens is 2. The highest BCUT2D eigenvalue weighted by atomic mass is 32.1. The Bertz CT molecular complexity index is 2090. The topological polar surface area (TPSA) is 143 Å². The van der Waals surface area contributed by atoms with Crippen LogP contribution in [0.25, 0.3) is 53.6 Å². The summed E-state index contributed by atoms with van der Waals surface area (Å²) < 4.78 is 32.6. The molecular formula is C30H8F2N6S2. The van der Waals surface area contributed by atoms with Crippen LogP contribution in [0.5, 0.6) is 0 Å². The van der Waals surface area contributed by atoms with Crippen molar-refractivity contribution >= 4 is 54.0 Å². The smallest absolute Gasteiger partial charge is 0.151 e. The van der Waals surface area contributed by atoms with E-state index < -0.39 is 22.8 Å². The van der Waals surface area contributed by atoms with Crippen LogP contribution >= 0.6 is 22.7 Å². The second-order valence-electron chi connectivity index (χ2n) is 8.22. The molecule has 5 rings (SSSR count). The molecular weight excluding hydrogens is 547 g/mol. The summed E-state index contributed by atoms with van der Waals surface area (Å²) in [6.45, 7) is 0. The molecule has 0 saturated carbocycles. The average molecular weight is 555 g/mol. The number of fused-ring (bicyclic) bond motifs is 2. The summed E-state index contributed by atoms with van der Waals surface area (Å²) in [5.74, 6) is -1.70. The van der Waals surface area contributed by atoms with Gasteiger partial charge in [-0.15, -0.1) is 22.7 Å². The molecule has 0 aliphatic heterocycles. The highest BCUT2D eigenvalue weighted by molar-refractivity contribution is 7.20. The summed E-state index contributed by atoms with van der Waals surface area (Å²) in [7, 11) is 0. The van der Waals surface area contributed by atoms with Crippen LogP contribution in [0.1, 0.15) is 11.1 Å². The summed E-state index contributed by atoms with van der Waals surface area (Å²) in [4.78, 5) is 0. The van der Waals surface area contributed by atoms with Crippen molar-refractivity contribution in [2.24, 2.45) is 0 Å². The quantitative estimate of drug-likeness (QED) is 0.267. The Hall–Kier alpha value is -5.88. The lowest BCUT2D eigenvalue weighted by Crippen LogP contribution is -2.02. The van der Waals surface area contributed by atoms with Crippen LogP contribution < -0.4 is 9.06 Å². The van der Waals surface area contributed by atoms with Gasteiger partial charge < -0.3 is 0 Å². The fraction of sp³-hybridized carbons (Fsp3) is 0. The molecule has 10 heteroatoms. The van der Waals surface area contributed by atoms with Crippen molar-refractivity contribution in [3.63, 3.8) is 0 Å². The van der Waals surface area contributed by atoms with E-state index in [4.69, 9.17) is 0 Å². The second-order valence-corrected chi connectivity index (χ2v) is 10.3. The van der Waals surface area contributed by atoms with E-state index in [1.165, 1.54) is 24.3 Å². The van der Waals surface area contributed by atoms with Gasteiger partial charge in [0.25, 0.3) is 0 Å². The standard InChI is InChI=1S/C30H8F2N6S2/c31-25-23-21(17-5-1-15(9-33)2-6-17)29-24(26(32)28(39-29)20(13-37)14-38)22(18-7-3-16(10-34)4-8-18)30(23)40-27(25)19(11-35)12-36/h1-8H. The van der Waals surface area contributed by atoms with Gasteiger partial charge in [-0.25, -0.2) is 8.78 Å². The van der Waals surface area contributed by atoms with Crippen LogP contribution in [0.15, 0.2) is 48.5 Å². The fourth-order valence-corrected chi connectivity index (χ4v) is 6.81. The molecule has 0 aliphatic carbocycles. The third kappa shape index (κ3) is 3.83. The zero-order chi connectivity index (χ0) is 28.6. The largest absolute Gasteiger partial charge is 0.205 e. The Kier molecular flexibility index (Phi) is 6.51. The van der Waals surface area contributed by atoms with E-state index in [0.717, 1.165) is 22.7 Å². The molecule has 0 atom stereocenters. The third-order valence-electron chi connectivity index (χ3n) is 6.16. The summed E-state index contributed by atoms with van der Waals surface area (Å²) in [6.07, 6.45) is 0. The summed E-state index contributed by atoms with van der Waals surface area (Å²) in [6, 6.07) is 23.2. The highest BCUT2D eigenvalue weighted by Gasteiger charge is 2.27. The molecule has 0 radical (unpaired) electrons. The Morgan fingerprint density at radius 3 is 1.12 bits per heavy atom. The van der Waals surface area contributed by atoms with E-state index in [-0.39, 0.29) is 40.4 Å². The van der Waals surface area contributed by atoms with E-state index in [1.54, 1.807) is 48.5 Å². The lowest BCUT2D eigenvalue weighted by atomic mass is 9.92. The monoisotopic (exact) mass is 554 g/mol. The number of hydrogen-bond acceptors (Lipinski definition) is 8. The maximum Gasteiger partial charge on any atom is 0.151 e. The van der Waals surface area contributed by atoms with Gasteiger partial charge in [-0.1, -0.05) is 24.3 Å². The first-order valence-electron chi connectivity index (χ1n) is 11.2. The summed E-state index contributed by atoms with van der Waals surface area (Å²) in [5.41, 5.74) is 1.06. The molecule has 0 fully saturated rings. The van der Waals surface area contributed by atoms with Gasteiger partial charge in [-0.2, -0.15) is 31.6 Å². The minimum atomic E-state index is -0.852. The van der Waals surface area contributed by atoms with Gasteiger partial charge in [0.15, 0.2) is 11.6 Å². The van der Waals surface area contributed by atoms with Gasteiger partial charge in [0.1, 0.15) is 35.4 Å². The van der Waals surface area contributed by atoms with Crippen LogP contribution in [0.2, 0.25) is 0 Å². The van der Waals surface area contributed by atoms with E-state index in [2.05, 4.69) is 0 Å². The third-order valence-corrected chi connectivity index (χ3v) is 8.56. The first-order chi connectivity index (χ1) is 19.4. The van der Waals surface area contributed by atoms with Crippen LogP contribution in [0, 0.1) is 79.6 Å². The summed E-state index contributed by atoms with van der Waals surface area (Å²) in [5, 5.41) is 56.6. The molecule has 5 aromatic rings. The zero-order valence-corrected chi connectivity index (χ0v) is 21.5. The molecule has 0 N–H and O–H groups in total. The molecule has 0 aliphatic rings. The molecule has 40 heavy (non-hydrogen) atoms. The highest BCUT2D eigenvalue weighted by Crippen LogP contribution is 2.48. The van der Waals surface area contributed by atoms with Gasteiger partial charge in [0, 0.05) is 31.3 Å². The molecule has 2 heterocycles. The Labute approximate surface area is 232 Å². The average Bonchev–Trinajstić information content (AvgIpc) is 3.50. The maximum atomic E-state index is 16.3. The number of benzene rings is 3. The molecule has 0 saturated heterocycles. The van der Waals surface area contributed by atoms with Gasteiger partial charge >= 0.3 is 0 Å². The number of rotatable bonds is 2. The van der Waals surface area contributed by atoms with Crippen molar-refractivity contribution in [2.45, 2.75) is 0 Å². The number of nitriles is 6. The normalized spacial score (nSPS) is 10.1. The Balaban J connectivity index is 2.16. The number of thiophene rings is 2. The van der Waals surface area contributed by atoms with Gasteiger partial charge in [-0.05, 0) is 35.4 Å². The SMILES string of the molecule is N#CC(C#N)=c1sc2c(-c3ccc(C#N)cc3)c3c(F)c(=C(C#N)C#N)sc3c(-c3ccc(C#N)cc3)c2c1F. The Morgan fingerprint density at radius 2 is 0.850 bits per heavy atom.